The monoisotopic (exact) mass is 356 g/mol. The second-order valence-electron chi connectivity index (χ2n) is 6.94. The average Bonchev–Trinajstić information content (AvgIpc) is 3.15. The van der Waals surface area contributed by atoms with Crippen molar-refractivity contribution in [3.8, 4) is 0 Å². The third-order valence-corrected chi connectivity index (χ3v) is 6.29. The first-order valence-corrected chi connectivity index (χ1v) is 10.6. The van der Waals surface area contributed by atoms with E-state index < -0.39 is 5.97 Å². The Morgan fingerprint density at radius 2 is 1.88 bits per heavy atom. The van der Waals surface area contributed by atoms with E-state index in [-0.39, 0.29) is 13.0 Å². The number of thioether (sulfide) groups is 1. The molecular weight excluding hydrogens is 324 g/mol. The van der Waals surface area contributed by atoms with Crippen molar-refractivity contribution in [3.05, 3.63) is 12.2 Å². The molecule has 2 rings (SSSR count). The molecule has 0 aromatic heterocycles. The van der Waals surface area contributed by atoms with Crippen LogP contribution in [0, 0.1) is 11.8 Å². The molecule has 2 heterocycles. The number of allylic oxidation sites excluding steroid dienone is 2. The Kier molecular flexibility index (Phi) is 9.21. The van der Waals surface area contributed by atoms with Gasteiger partial charge < -0.3 is 14.9 Å². The summed E-state index contributed by atoms with van der Waals surface area (Å²) in [4.78, 5) is 10.5. The predicted octanol–water partition coefficient (Wildman–Crippen LogP) is 3.88. The van der Waals surface area contributed by atoms with Crippen molar-refractivity contribution in [1.29, 1.82) is 0 Å². The van der Waals surface area contributed by atoms with E-state index in [9.17, 15) is 4.79 Å². The van der Waals surface area contributed by atoms with Crippen molar-refractivity contribution in [3.63, 3.8) is 0 Å². The normalized spacial score (nSPS) is 28.9. The summed E-state index contributed by atoms with van der Waals surface area (Å²) in [5, 5.41) is 17.4. The van der Waals surface area contributed by atoms with Gasteiger partial charge in [-0.15, -0.1) is 0 Å². The van der Waals surface area contributed by atoms with E-state index in [4.69, 9.17) is 14.9 Å². The van der Waals surface area contributed by atoms with Crippen molar-refractivity contribution in [2.75, 3.05) is 18.1 Å². The van der Waals surface area contributed by atoms with Crippen molar-refractivity contribution in [1.82, 2.24) is 0 Å². The van der Waals surface area contributed by atoms with Crippen LogP contribution in [0.25, 0.3) is 0 Å². The molecule has 4 atom stereocenters. The Morgan fingerprint density at radius 3 is 2.62 bits per heavy atom. The van der Waals surface area contributed by atoms with E-state index in [0.29, 0.717) is 24.0 Å². The third kappa shape index (κ3) is 6.41. The Labute approximate surface area is 150 Å². The Hall–Kier alpha value is -0.520. The van der Waals surface area contributed by atoms with Crippen LogP contribution in [0.2, 0.25) is 0 Å². The average molecular weight is 357 g/mol. The van der Waals surface area contributed by atoms with E-state index >= 15 is 0 Å². The molecule has 24 heavy (non-hydrogen) atoms. The summed E-state index contributed by atoms with van der Waals surface area (Å²) in [6.45, 7) is 0.283. The van der Waals surface area contributed by atoms with Crippen LogP contribution in [-0.4, -0.2) is 46.5 Å². The first-order valence-electron chi connectivity index (χ1n) is 9.43. The Morgan fingerprint density at radius 1 is 1.08 bits per heavy atom. The fraction of sp³-hybridized carbons (Fsp3) is 0.842. The van der Waals surface area contributed by atoms with Gasteiger partial charge in [0.25, 0.3) is 0 Å². The highest BCUT2D eigenvalue weighted by atomic mass is 32.2. The molecule has 2 fully saturated rings. The number of aliphatic hydroxyl groups is 1. The van der Waals surface area contributed by atoms with Gasteiger partial charge in [0, 0.05) is 12.2 Å². The summed E-state index contributed by atoms with van der Waals surface area (Å²) >= 11 is 1.84. The number of fused-ring (bicyclic) bond motifs is 2. The van der Waals surface area contributed by atoms with Crippen molar-refractivity contribution in [2.45, 2.75) is 70.0 Å². The molecule has 5 heteroatoms. The Bertz CT molecular complexity index is 399. The van der Waals surface area contributed by atoms with E-state index in [1.807, 2.05) is 11.8 Å². The number of hydrogen-bond donors (Lipinski definition) is 2. The second kappa shape index (κ2) is 11.2. The number of hydrogen-bond acceptors (Lipinski definition) is 4. The summed E-state index contributed by atoms with van der Waals surface area (Å²) in [6, 6.07) is 0. The van der Waals surface area contributed by atoms with Crippen molar-refractivity contribution in [2.24, 2.45) is 11.8 Å². The number of rotatable bonds is 13. The van der Waals surface area contributed by atoms with Crippen molar-refractivity contribution < 1.29 is 19.7 Å². The van der Waals surface area contributed by atoms with Crippen LogP contribution >= 0.6 is 11.8 Å². The minimum absolute atomic E-state index is 0.262. The number of aliphatic carboxylic acids is 1. The summed E-state index contributed by atoms with van der Waals surface area (Å²) in [5.41, 5.74) is 0. The highest BCUT2D eigenvalue weighted by Crippen LogP contribution is 2.47. The molecule has 2 saturated heterocycles. The van der Waals surface area contributed by atoms with Crippen LogP contribution < -0.4 is 0 Å². The molecule has 2 aliphatic rings. The largest absolute Gasteiger partial charge is 0.481 e. The van der Waals surface area contributed by atoms with Gasteiger partial charge >= 0.3 is 5.97 Å². The lowest BCUT2D eigenvalue weighted by Gasteiger charge is -2.27. The van der Waals surface area contributed by atoms with Gasteiger partial charge in [0.1, 0.15) is 0 Å². The minimum atomic E-state index is -0.706. The molecule has 4 nitrogen and oxygen atoms in total. The van der Waals surface area contributed by atoms with Crippen LogP contribution in [-0.2, 0) is 9.53 Å². The van der Waals surface area contributed by atoms with E-state index in [2.05, 4.69) is 12.2 Å². The maximum Gasteiger partial charge on any atom is 0.303 e. The molecular formula is C19H32O4S. The topological polar surface area (TPSA) is 66.8 Å². The zero-order valence-electron chi connectivity index (χ0n) is 14.6. The quantitative estimate of drug-likeness (QED) is 0.387. The molecule has 0 radical (unpaired) electrons. The molecule has 0 saturated carbocycles. The fourth-order valence-electron chi connectivity index (χ4n) is 4.09. The molecule has 0 spiro atoms. The number of carboxylic acid groups (broad SMARTS) is 1. The molecule has 2 N–H and O–H groups in total. The van der Waals surface area contributed by atoms with E-state index in [1.54, 1.807) is 0 Å². The van der Waals surface area contributed by atoms with Gasteiger partial charge in [0.15, 0.2) is 0 Å². The lowest BCUT2D eigenvalue weighted by molar-refractivity contribution is -0.137. The van der Waals surface area contributed by atoms with Gasteiger partial charge in [-0.2, -0.15) is 11.8 Å². The van der Waals surface area contributed by atoms with Gasteiger partial charge in [-0.3, -0.25) is 4.79 Å². The summed E-state index contributed by atoms with van der Waals surface area (Å²) < 4.78 is 6.15. The smallest absolute Gasteiger partial charge is 0.303 e. The Balaban J connectivity index is 1.65. The second-order valence-corrected chi connectivity index (χ2v) is 8.17. The fourth-order valence-corrected chi connectivity index (χ4v) is 4.83. The van der Waals surface area contributed by atoms with Gasteiger partial charge in [-0.25, -0.2) is 0 Å². The molecule has 0 amide bonds. The number of carboxylic acids is 1. The maximum absolute atomic E-state index is 10.5. The lowest BCUT2D eigenvalue weighted by atomic mass is 9.75. The molecule has 0 aromatic carbocycles. The zero-order chi connectivity index (χ0) is 17.2. The first-order chi connectivity index (χ1) is 11.7. The number of aliphatic hydroxyl groups excluding tert-OH is 1. The molecule has 0 aliphatic carbocycles. The van der Waals surface area contributed by atoms with Crippen LogP contribution in [0.15, 0.2) is 12.2 Å². The molecule has 2 aliphatic heterocycles. The number of unbranched alkanes of at least 4 members (excludes halogenated alkanes) is 2. The maximum atomic E-state index is 10.5. The predicted molar refractivity (Wildman–Crippen MR) is 98.4 cm³/mol. The van der Waals surface area contributed by atoms with Crippen molar-refractivity contribution >= 4 is 17.7 Å². The van der Waals surface area contributed by atoms with Crippen LogP contribution in [0.3, 0.4) is 0 Å². The lowest BCUT2D eigenvalue weighted by Crippen LogP contribution is -2.26. The standard InChI is InChI=1S/C19H32O4S/c20-12-14-24-13-6-5-8-16-15(17-10-11-18(16)23-17)7-3-1-2-4-9-19(21)22/h1,3,15-18,20H,2,4-14H2,(H,21,22)/b3-1-/t15-,16+,17-,18+/m1/s1. The molecule has 138 valence electrons. The van der Waals surface area contributed by atoms with Gasteiger partial charge in [0.05, 0.1) is 18.8 Å². The van der Waals surface area contributed by atoms with E-state index in [0.717, 1.165) is 30.8 Å². The highest BCUT2D eigenvalue weighted by molar-refractivity contribution is 7.99. The molecule has 0 unspecified atom stereocenters. The van der Waals surface area contributed by atoms with E-state index in [1.165, 1.54) is 32.1 Å². The summed E-state index contributed by atoms with van der Waals surface area (Å²) in [7, 11) is 0. The van der Waals surface area contributed by atoms with Gasteiger partial charge in [-0.1, -0.05) is 18.6 Å². The highest BCUT2D eigenvalue weighted by Gasteiger charge is 2.47. The van der Waals surface area contributed by atoms with Crippen LogP contribution in [0.1, 0.15) is 57.8 Å². The van der Waals surface area contributed by atoms with Crippen LogP contribution in [0.4, 0.5) is 0 Å². The summed E-state index contributed by atoms with van der Waals surface area (Å²) in [5.74, 6) is 2.66. The SMILES string of the molecule is O=C(O)CCC/C=C\C[C@@H]1[C@H](CCCCSCCO)[C@@H]2CC[C@H]1O2. The first kappa shape index (κ1) is 19.8. The minimum Gasteiger partial charge on any atom is -0.481 e. The van der Waals surface area contributed by atoms with Crippen LogP contribution in [0.5, 0.6) is 0 Å². The number of carbonyl (C=O) groups is 1. The zero-order valence-corrected chi connectivity index (χ0v) is 15.4. The molecule has 0 aromatic rings. The van der Waals surface area contributed by atoms with Gasteiger partial charge in [0.2, 0.25) is 0 Å². The summed E-state index contributed by atoms with van der Waals surface area (Å²) in [6.07, 6.45) is 14.5. The van der Waals surface area contributed by atoms with Gasteiger partial charge in [-0.05, 0) is 62.5 Å². The molecule has 2 bridgehead atoms. The third-order valence-electron chi connectivity index (χ3n) is 5.24. The number of ether oxygens (including phenoxy) is 1.